The molecule has 3 rings (SSSR count). The smallest absolute Gasteiger partial charge is 0.254 e. The second-order valence-corrected chi connectivity index (χ2v) is 7.05. The molecule has 0 unspecified atom stereocenters. The van der Waals surface area contributed by atoms with Gasteiger partial charge < -0.3 is 9.80 Å². The third kappa shape index (κ3) is 3.64. The Morgan fingerprint density at radius 2 is 2.00 bits per heavy atom. The van der Waals surface area contributed by atoms with Gasteiger partial charge in [0.15, 0.2) is 0 Å². The van der Waals surface area contributed by atoms with E-state index in [1.54, 1.807) is 24.3 Å². The highest BCUT2D eigenvalue weighted by atomic mass is 35.5. The summed E-state index contributed by atoms with van der Waals surface area (Å²) >= 11 is 7.40. The third-order valence-corrected chi connectivity index (χ3v) is 4.88. The molecule has 0 saturated carbocycles. The highest BCUT2D eigenvalue weighted by Gasteiger charge is 2.24. The van der Waals surface area contributed by atoms with Crippen LogP contribution in [-0.2, 0) is 0 Å². The van der Waals surface area contributed by atoms with Crippen LogP contribution in [0.25, 0.3) is 0 Å². The van der Waals surface area contributed by atoms with E-state index in [1.807, 2.05) is 4.90 Å². The molecule has 0 N–H and O–H groups in total. The van der Waals surface area contributed by atoms with Crippen molar-refractivity contribution in [2.45, 2.75) is 19.8 Å². The summed E-state index contributed by atoms with van der Waals surface area (Å²) in [6.07, 6.45) is 0. The summed E-state index contributed by atoms with van der Waals surface area (Å²) in [5.74, 6) is 1.26. The first kappa shape index (κ1) is 16.2. The van der Waals surface area contributed by atoms with Crippen molar-refractivity contribution in [2.24, 2.45) is 0 Å². The molecular weight excluding hydrogens is 332 g/mol. The largest absolute Gasteiger partial charge is 0.343 e. The summed E-state index contributed by atoms with van der Waals surface area (Å²) in [5.41, 5.74) is 0.643. The van der Waals surface area contributed by atoms with Crippen LogP contribution < -0.4 is 4.90 Å². The molecule has 1 saturated heterocycles. The summed E-state index contributed by atoms with van der Waals surface area (Å²) in [6, 6.07) is 7.11. The minimum atomic E-state index is 0.0345. The normalized spacial score (nSPS) is 15.3. The van der Waals surface area contributed by atoms with E-state index in [9.17, 15) is 4.79 Å². The maximum absolute atomic E-state index is 12.5. The predicted molar refractivity (Wildman–Crippen MR) is 93.6 cm³/mol. The molecule has 0 aliphatic carbocycles. The van der Waals surface area contributed by atoms with Crippen molar-refractivity contribution < 1.29 is 4.79 Å². The Morgan fingerprint density at radius 3 is 2.61 bits per heavy atom. The van der Waals surface area contributed by atoms with Crippen molar-refractivity contribution >= 4 is 34.2 Å². The summed E-state index contributed by atoms with van der Waals surface area (Å²) < 4.78 is 4.40. The lowest BCUT2D eigenvalue weighted by Gasteiger charge is -2.34. The third-order valence-electron chi connectivity index (χ3n) is 3.86. The van der Waals surface area contributed by atoms with Gasteiger partial charge in [0, 0.05) is 54.2 Å². The van der Waals surface area contributed by atoms with Crippen LogP contribution >= 0.6 is 23.1 Å². The molecule has 1 aromatic carbocycles. The van der Waals surface area contributed by atoms with Crippen molar-refractivity contribution in [1.82, 2.24) is 14.3 Å². The molecule has 1 aliphatic heterocycles. The van der Waals surface area contributed by atoms with Gasteiger partial charge in [-0.1, -0.05) is 31.5 Å². The fourth-order valence-corrected chi connectivity index (χ4v) is 3.54. The Kier molecular flexibility index (Phi) is 4.82. The molecule has 0 atom stereocenters. The number of aromatic nitrogens is 2. The van der Waals surface area contributed by atoms with E-state index in [1.165, 1.54) is 11.5 Å². The average molecular weight is 351 g/mol. The van der Waals surface area contributed by atoms with Gasteiger partial charge in [0.1, 0.15) is 5.82 Å². The Labute approximate surface area is 145 Å². The molecule has 1 aromatic heterocycles. The maximum atomic E-state index is 12.5. The number of piperazine rings is 1. The van der Waals surface area contributed by atoms with Crippen LogP contribution in [0.15, 0.2) is 24.3 Å². The molecule has 5 nitrogen and oxygen atoms in total. The van der Waals surface area contributed by atoms with Crippen molar-refractivity contribution in [3.8, 4) is 0 Å². The number of benzene rings is 1. The monoisotopic (exact) mass is 350 g/mol. The molecule has 23 heavy (non-hydrogen) atoms. The van der Waals surface area contributed by atoms with Gasteiger partial charge in [0.2, 0.25) is 5.13 Å². The minimum Gasteiger partial charge on any atom is -0.343 e. The number of carbonyl (C=O) groups is 1. The zero-order valence-corrected chi connectivity index (χ0v) is 14.8. The molecule has 2 aromatic rings. The summed E-state index contributed by atoms with van der Waals surface area (Å²) in [5, 5.41) is 1.54. The van der Waals surface area contributed by atoms with Crippen LogP contribution in [0.5, 0.6) is 0 Å². The van der Waals surface area contributed by atoms with E-state index in [0.29, 0.717) is 29.6 Å². The van der Waals surface area contributed by atoms with Gasteiger partial charge >= 0.3 is 0 Å². The number of hydrogen-bond donors (Lipinski definition) is 0. The number of amides is 1. The zero-order chi connectivity index (χ0) is 16.4. The molecule has 2 heterocycles. The van der Waals surface area contributed by atoms with Crippen LogP contribution in [0.1, 0.15) is 35.9 Å². The molecule has 1 fully saturated rings. The second kappa shape index (κ2) is 6.84. The van der Waals surface area contributed by atoms with Crippen LogP contribution in [0, 0.1) is 0 Å². The maximum Gasteiger partial charge on any atom is 0.254 e. The number of rotatable bonds is 3. The van der Waals surface area contributed by atoms with Crippen LogP contribution in [-0.4, -0.2) is 46.3 Å². The first-order valence-corrected chi connectivity index (χ1v) is 8.83. The highest BCUT2D eigenvalue weighted by Crippen LogP contribution is 2.23. The van der Waals surface area contributed by atoms with Crippen molar-refractivity contribution in [1.29, 1.82) is 0 Å². The first-order valence-electron chi connectivity index (χ1n) is 7.68. The van der Waals surface area contributed by atoms with Crippen molar-refractivity contribution in [2.75, 3.05) is 31.1 Å². The van der Waals surface area contributed by atoms with Crippen LogP contribution in [0.2, 0.25) is 5.02 Å². The molecular formula is C16H19ClN4OS. The molecule has 0 bridgehead atoms. The van der Waals surface area contributed by atoms with Gasteiger partial charge in [0.05, 0.1) is 0 Å². The lowest BCUT2D eigenvalue weighted by molar-refractivity contribution is 0.0747. The van der Waals surface area contributed by atoms with E-state index >= 15 is 0 Å². The lowest BCUT2D eigenvalue weighted by Crippen LogP contribution is -2.48. The first-order chi connectivity index (χ1) is 11.0. The fraction of sp³-hybridized carbons (Fsp3) is 0.438. The summed E-state index contributed by atoms with van der Waals surface area (Å²) in [4.78, 5) is 21.2. The Bertz CT molecular complexity index is 695. The Morgan fingerprint density at radius 1 is 1.26 bits per heavy atom. The standard InChI is InChI=1S/C16H19ClN4OS/c1-11(2)14-18-16(23-19-14)21-8-6-20(7-9-21)15(22)12-4-3-5-13(17)10-12/h3-5,10-11H,6-9H2,1-2H3. The molecule has 0 radical (unpaired) electrons. The topological polar surface area (TPSA) is 49.3 Å². The predicted octanol–water partition coefficient (Wildman–Crippen LogP) is 3.28. The molecule has 122 valence electrons. The number of nitrogens with zero attached hydrogens (tertiary/aromatic N) is 4. The van der Waals surface area contributed by atoms with Gasteiger partial charge in [-0.05, 0) is 18.2 Å². The number of anilines is 1. The number of carbonyl (C=O) groups excluding carboxylic acids is 1. The van der Waals surface area contributed by atoms with E-state index in [2.05, 4.69) is 28.1 Å². The molecule has 1 aliphatic rings. The summed E-state index contributed by atoms with van der Waals surface area (Å²) in [7, 11) is 0. The van der Waals surface area contributed by atoms with Crippen molar-refractivity contribution in [3.05, 3.63) is 40.7 Å². The van der Waals surface area contributed by atoms with E-state index in [4.69, 9.17) is 11.6 Å². The van der Waals surface area contributed by atoms with Crippen LogP contribution in [0.4, 0.5) is 5.13 Å². The SMILES string of the molecule is CC(C)c1nsc(N2CCN(C(=O)c3cccc(Cl)c3)CC2)n1. The fourth-order valence-electron chi connectivity index (χ4n) is 2.49. The molecule has 7 heteroatoms. The quantitative estimate of drug-likeness (QED) is 0.852. The van der Waals surface area contributed by atoms with Gasteiger partial charge in [-0.2, -0.15) is 4.37 Å². The minimum absolute atomic E-state index is 0.0345. The number of halogens is 1. The number of hydrogen-bond acceptors (Lipinski definition) is 5. The van der Waals surface area contributed by atoms with E-state index in [-0.39, 0.29) is 5.91 Å². The van der Waals surface area contributed by atoms with Gasteiger partial charge in [-0.15, -0.1) is 0 Å². The second-order valence-electron chi connectivity index (χ2n) is 5.88. The molecule has 1 amide bonds. The highest BCUT2D eigenvalue weighted by molar-refractivity contribution is 7.09. The Balaban J connectivity index is 1.62. The average Bonchev–Trinajstić information content (AvgIpc) is 3.04. The van der Waals surface area contributed by atoms with E-state index < -0.39 is 0 Å². The van der Waals surface area contributed by atoms with Gasteiger partial charge in [-0.3, -0.25) is 4.79 Å². The molecule has 0 spiro atoms. The van der Waals surface area contributed by atoms with Crippen LogP contribution in [0.3, 0.4) is 0 Å². The Hall–Kier alpha value is -1.66. The van der Waals surface area contributed by atoms with E-state index in [0.717, 1.165) is 24.0 Å². The van der Waals surface area contributed by atoms with Gasteiger partial charge in [-0.25, -0.2) is 4.98 Å². The lowest BCUT2D eigenvalue weighted by atomic mass is 10.2. The van der Waals surface area contributed by atoms with Gasteiger partial charge in [0.25, 0.3) is 5.91 Å². The van der Waals surface area contributed by atoms with Crippen molar-refractivity contribution in [3.63, 3.8) is 0 Å². The summed E-state index contributed by atoms with van der Waals surface area (Å²) in [6.45, 7) is 7.10. The zero-order valence-electron chi connectivity index (χ0n) is 13.2.